The molecule has 6 nitrogen and oxygen atoms in total. The zero-order valence-corrected chi connectivity index (χ0v) is 10.9. The fraction of sp³-hybridized carbons (Fsp3) is 0.583. The number of carboxylic acid groups (broad SMARTS) is 1. The summed E-state index contributed by atoms with van der Waals surface area (Å²) in [6, 6.07) is 0. The first-order valence-corrected chi connectivity index (χ1v) is 5.97. The van der Waals surface area contributed by atoms with Crippen molar-refractivity contribution in [2.24, 2.45) is 0 Å². The maximum atomic E-state index is 12.0. The minimum Gasteiger partial charge on any atom is -0.481 e. The van der Waals surface area contributed by atoms with Crippen molar-refractivity contribution in [3.05, 3.63) is 18.0 Å². The van der Waals surface area contributed by atoms with E-state index in [1.807, 2.05) is 13.8 Å². The minimum absolute atomic E-state index is 0.100. The Hall–Kier alpha value is -1.85. The number of hydrogen-bond acceptors (Lipinski definition) is 3. The predicted molar refractivity (Wildman–Crippen MR) is 66.3 cm³/mol. The van der Waals surface area contributed by atoms with Crippen molar-refractivity contribution >= 4 is 11.9 Å². The van der Waals surface area contributed by atoms with Crippen LogP contribution in [0.1, 0.15) is 44.0 Å². The highest BCUT2D eigenvalue weighted by Crippen LogP contribution is 2.15. The normalized spacial score (nSPS) is 13.9. The molecule has 18 heavy (non-hydrogen) atoms. The number of amides is 1. The first-order valence-electron chi connectivity index (χ1n) is 5.97. The van der Waals surface area contributed by atoms with E-state index in [2.05, 4.69) is 10.4 Å². The summed E-state index contributed by atoms with van der Waals surface area (Å²) in [5.41, 5.74) is -0.293. The van der Waals surface area contributed by atoms with Crippen LogP contribution in [-0.4, -0.2) is 32.3 Å². The van der Waals surface area contributed by atoms with Gasteiger partial charge in [0.1, 0.15) is 0 Å². The molecular weight excluding hydrogens is 234 g/mol. The molecule has 2 N–H and O–H groups in total. The number of carboxylic acids is 1. The molecule has 0 fully saturated rings. The second-order valence-corrected chi connectivity index (χ2v) is 4.52. The number of aliphatic carboxylic acids is 1. The van der Waals surface area contributed by atoms with Crippen LogP contribution in [0.3, 0.4) is 0 Å². The van der Waals surface area contributed by atoms with Gasteiger partial charge in [0, 0.05) is 18.3 Å². The summed E-state index contributed by atoms with van der Waals surface area (Å²) >= 11 is 0. The minimum atomic E-state index is -0.927. The van der Waals surface area contributed by atoms with Gasteiger partial charge in [-0.05, 0) is 20.3 Å². The Morgan fingerprint density at radius 2 is 2.17 bits per heavy atom. The van der Waals surface area contributed by atoms with Crippen molar-refractivity contribution in [3.63, 3.8) is 0 Å². The van der Waals surface area contributed by atoms with Gasteiger partial charge in [-0.1, -0.05) is 6.92 Å². The Balaban J connectivity index is 2.75. The number of nitrogens with one attached hydrogen (secondary N) is 1. The Morgan fingerprint density at radius 1 is 1.50 bits per heavy atom. The summed E-state index contributed by atoms with van der Waals surface area (Å²) in [7, 11) is 0. The van der Waals surface area contributed by atoms with E-state index < -0.39 is 11.5 Å². The standard InChI is InChI=1S/C12H19N3O3/c1-4-12(3,6-10(16)17)14-11(18)9-7-13-15(5-2)8-9/h7-8H,4-6H2,1-3H3,(H,14,18)(H,16,17). The van der Waals surface area contributed by atoms with E-state index in [0.717, 1.165) is 0 Å². The monoisotopic (exact) mass is 253 g/mol. The van der Waals surface area contributed by atoms with Crippen molar-refractivity contribution < 1.29 is 14.7 Å². The molecule has 0 radical (unpaired) electrons. The van der Waals surface area contributed by atoms with E-state index in [4.69, 9.17) is 5.11 Å². The highest BCUT2D eigenvalue weighted by Gasteiger charge is 2.28. The van der Waals surface area contributed by atoms with Gasteiger partial charge >= 0.3 is 5.97 Å². The van der Waals surface area contributed by atoms with Crippen LogP contribution in [0.4, 0.5) is 0 Å². The lowest BCUT2D eigenvalue weighted by molar-refractivity contribution is -0.138. The van der Waals surface area contributed by atoms with Gasteiger partial charge in [-0.15, -0.1) is 0 Å². The van der Waals surface area contributed by atoms with Crippen LogP contribution in [0.2, 0.25) is 0 Å². The molecule has 1 unspecified atom stereocenters. The summed E-state index contributed by atoms with van der Waals surface area (Å²) in [5, 5.41) is 15.6. The first-order chi connectivity index (χ1) is 8.40. The number of nitrogens with zero attached hydrogens (tertiary/aromatic N) is 2. The zero-order valence-electron chi connectivity index (χ0n) is 10.9. The van der Waals surface area contributed by atoms with Gasteiger partial charge in [-0.3, -0.25) is 14.3 Å². The molecule has 1 rings (SSSR count). The summed E-state index contributed by atoms with van der Waals surface area (Å²) in [6.07, 6.45) is 3.58. The molecule has 0 aliphatic heterocycles. The van der Waals surface area contributed by atoms with E-state index in [-0.39, 0.29) is 12.3 Å². The second kappa shape index (κ2) is 5.66. The maximum Gasteiger partial charge on any atom is 0.305 e. The molecule has 1 aromatic rings. The lowest BCUT2D eigenvalue weighted by Crippen LogP contribution is -2.46. The average Bonchev–Trinajstić information content (AvgIpc) is 2.76. The number of aryl methyl sites for hydroxylation is 1. The van der Waals surface area contributed by atoms with Crippen molar-refractivity contribution in [1.29, 1.82) is 0 Å². The van der Waals surface area contributed by atoms with Crippen LogP contribution in [0.15, 0.2) is 12.4 Å². The maximum absolute atomic E-state index is 12.0. The SMILES string of the molecule is CCn1cc(C(=O)NC(C)(CC)CC(=O)O)cn1. The molecule has 1 atom stereocenters. The number of hydrogen-bond donors (Lipinski definition) is 2. The van der Waals surface area contributed by atoms with E-state index in [0.29, 0.717) is 18.5 Å². The van der Waals surface area contributed by atoms with Crippen molar-refractivity contribution in [3.8, 4) is 0 Å². The van der Waals surface area contributed by atoms with Crippen LogP contribution >= 0.6 is 0 Å². The topological polar surface area (TPSA) is 84.2 Å². The zero-order chi connectivity index (χ0) is 13.8. The third kappa shape index (κ3) is 3.58. The number of aromatic nitrogens is 2. The van der Waals surface area contributed by atoms with Crippen molar-refractivity contribution in [2.45, 2.75) is 45.7 Å². The van der Waals surface area contributed by atoms with Crippen LogP contribution in [0, 0.1) is 0 Å². The second-order valence-electron chi connectivity index (χ2n) is 4.52. The van der Waals surface area contributed by atoms with Crippen LogP contribution in [0.25, 0.3) is 0 Å². The number of carbonyl (C=O) groups excluding carboxylic acids is 1. The lowest BCUT2D eigenvalue weighted by atomic mass is 9.94. The molecule has 0 aliphatic rings. The van der Waals surface area contributed by atoms with Crippen molar-refractivity contribution in [1.82, 2.24) is 15.1 Å². The fourth-order valence-electron chi connectivity index (χ4n) is 1.59. The molecule has 0 bridgehead atoms. The quantitative estimate of drug-likeness (QED) is 0.799. The fourth-order valence-corrected chi connectivity index (χ4v) is 1.59. The van der Waals surface area contributed by atoms with Crippen molar-refractivity contribution in [2.75, 3.05) is 0 Å². The lowest BCUT2D eigenvalue weighted by Gasteiger charge is -2.27. The Labute approximate surface area is 106 Å². The molecule has 1 heterocycles. The van der Waals surface area contributed by atoms with Crippen LogP contribution in [0.5, 0.6) is 0 Å². The highest BCUT2D eigenvalue weighted by atomic mass is 16.4. The highest BCUT2D eigenvalue weighted by molar-refractivity contribution is 5.94. The third-order valence-electron chi connectivity index (χ3n) is 2.96. The largest absolute Gasteiger partial charge is 0.481 e. The molecule has 1 aromatic heterocycles. The number of rotatable bonds is 6. The van der Waals surface area contributed by atoms with Gasteiger partial charge in [0.25, 0.3) is 5.91 Å². The van der Waals surface area contributed by atoms with Gasteiger partial charge in [-0.25, -0.2) is 0 Å². The predicted octanol–water partition coefficient (Wildman–Crippen LogP) is 1.28. The average molecular weight is 253 g/mol. The Morgan fingerprint density at radius 3 is 2.61 bits per heavy atom. The molecule has 6 heteroatoms. The van der Waals surface area contributed by atoms with E-state index in [1.54, 1.807) is 17.8 Å². The van der Waals surface area contributed by atoms with E-state index in [1.165, 1.54) is 6.20 Å². The molecule has 0 aromatic carbocycles. The molecule has 0 spiro atoms. The first kappa shape index (κ1) is 14.2. The van der Waals surface area contributed by atoms with Gasteiger partial charge < -0.3 is 10.4 Å². The van der Waals surface area contributed by atoms with Gasteiger partial charge in [0.15, 0.2) is 0 Å². The summed E-state index contributed by atoms with van der Waals surface area (Å²) in [4.78, 5) is 22.7. The molecule has 0 saturated carbocycles. The molecule has 1 amide bonds. The molecular formula is C12H19N3O3. The smallest absolute Gasteiger partial charge is 0.305 e. The van der Waals surface area contributed by atoms with Gasteiger partial charge in [0.05, 0.1) is 18.2 Å². The Bertz CT molecular complexity index is 442. The number of carbonyl (C=O) groups is 2. The van der Waals surface area contributed by atoms with E-state index in [9.17, 15) is 9.59 Å². The summed E-state index contributed by atoms with van der Waals surface area (Å²) in [6.45, 7) is 6.19. The summed E-state index contributed by atoms with van der Waals surface area (Å²) < 4.78 is 1.65. The molecule has 0 saturated heterocycles. The summed E-state index contributed by atoms with van der Waals surface area (Å²) in [5.74, 6) is -1.22. The Kier molecular flexibility index (Phi) is 4.47. The van der Waals surface area contributed by atoms with Crippen LogP contribution in [-0.2, 0) is 11.3 Å². The van der Waals surface area contributed by atoms with Gasteiger partial charge in [-0.2, -0.15) is 5.10 Å². The van der Waals surface area contributed by atoms with Gasteiger partial charge in [0.2, 0.25) is 0 Å². The van der Waals surface area contributed by atoms with Crippen LogP contribution < -0.4 is 5.32 Å². The molecule has 0 aliphatic carbocycles. The van der Waals surface area contributed by atoms with E-state index >= 15 is 0 Å². The third-order valence-corrected chi connectivity index (χ3v) is 2.96. The molecule has 100 valence electrons.